The number of aromatic amines is 1. The van der Waals surface area contributed by atoms with E-state index in [4.69, 9.17) is 11.6 Å². The minimum absolute atomic E-state index is 0.0653. The molecule has 1 unspecified atom stereocenters. The quantitative estimate of drug-likeness (QED) is 0.861. The van der Waals surface area contributed by atoms with Crippen molar-refractivity contribution in [1.82, 2.24) is 9.88 Å². The number of nitrogens with one attached hydrogen (secondary N) is 2. The zero-order chi connectivity index (χ0) is 13.9. The molecule has 1 saturated heterocycles. The maximum absolute atomic E-state index is 12.4. The van der Waals surface area contributed by atoms with Gasteiger partial charge in [0.2, 0.25) is 0 Å². The SMILES string of the molecule is O=C(Nc1ccc(Cl)cc1)N1CCCC1c1ccc[nH]1. The second-order valence-corrected chi connectivity index (χ2v) is 5.35. The van der Waals surface area contributed by atoms with Gasteiger partial charge >= 0.3 is 6.03 Å². The summed E-state index contributed by atoms with van der Waals surface area (Å²) in [5, 5.41) is 3.58. The first-order valence-corrected chi connectivity index (χ1v) is 7.08. The van der Waals surface area contributed by atoms with Gasteiger partial charge in [-0.15, -0.1) is 0 Å². The Hall–Kier alpha value is -1.94. The topological polar surface area (TPSA) is 48.1 Å². The van der Waals surface area contributed by atoms with Gasteiger partial charge in [-0.1, -0.05) is 11.6 Å². The third-order valence-electron chi connectivity index (χ3n) is 3.59. The van der Waals surface area contributed by atoms with Gasteiger partial charge in [0.05, 0.1) is 6.04 Å². The Kier molecular flexibility index (Phi) is 3.65. The normalized spacial score (nSPS) is 18.2. The van der Waals surface area contributed by atoms with Crippen molar-refractivity contribution in [3.63, 3.8) is 0 Å². The molecule has 5 heteroatoms. The second-order valence-electron chi connectivity index (χ2n) is 4.91. The van der Waals surface area contributed by atoms with E-state index in [1.54, 1.807) is 24.3 Å². The number of aromatic nitrogens is 1. The molecule has 1 aromatic carbocycles. The number of nitrogens with zero attached hydrogens (tertiary/aromatic N) is 1. The van der Waals surface area contributed by atoms with Crippen LogP contribution in [-0.4, -0.2) is 22.5 Å². The van der Waals surface area contributed by atoms with Crippen molar-refractivity contribution in [3.8, 4) is 0 Å². The molecule has 2 N–H and O–H groups in total. The summed E-state index contributed by atoms with van der Waals surface area (Å²) >= 11 is 5.84. The first-order valence-electron chi connectivity index (χ1n) is 6.70. The van der Waals surface area contributed by atoms with Crippen LogP contribution in [0.15, 0.2) is 42.6 Å². The third-order valence-corrected chi connectivity index (χ3v) is 3.84. The Labute approximate surface area is 122 Å². The molecular formula is C15H16ClN3O. The Morgan fingerprint density at radius 2 is 2.10 bits per heavy atom. The van der Waals surface area contributed by atoms with Crippen molar-refractivity contribution in [3.05, 3.63) is 53.3 Å². The van der Waals surface area contributed by atoms with Crippen LogP contribution in [-0.2, 0) is 0 Å². The van der Waals surface area contributed by atoms with Crippen LogP contribution >= 0.6 is 11.6 Å². The summed E-state index contributed by atoms with van der Waals surface area (Å²) in [5.41, 5.74) is 1.85. The number of carbonyl (C=O) groups excluding carboxylic acids is 1. The predicted molar refractivity (Wildman–Crippen MR) is 79.9 cm³/mol. The lowest BCUT2D eigenvalue weighted by atomic mass is 10.1. The van der Waals surface area contributed by atoms with E-state index in [1.807, 2.05) is 23.2 Å². The van der Waals surface area contributed by atoms with Crippen LogP contribution < -0.4 is 5.32 Å². The van der Waals surface area contributed by atoms with Crippen molar-refractivity contribution in [1.29, 1.82) is 0 Å². The average molecular weight is 290 g/mol. The largest absolute Gasteiger partial charge is 0.363 e. The number of halogens is 1. The minimum Gasteiger partial charge on any atom is -0.363 e. The van der Waals surface area contributed by atoms with Crippen molar-refractivity contribution < 1.29 is 4.79 Å². The molecule has 1 aliphatic heterocycles. The predicted octanol–water partition coefficient (Wildman–Crippen LogP) is 4.04. The Bertz CT molecular complexity index is 580. The summed E-state index contributed by atoms with van der Waals surface area (Å²) in [7, 11) is 0. The molecule has 2 heterocycles. The van der Waals surface area contributed by atoms with E-state index < -0.39 is 0 Å². The molecule has 1 aliphatic rings. The van der Waals surface area contributed by atoms with Crippen molar-refractivity contribution in [2.45, 2.75) is 18.9 Å². The number of hydrogen-bond acceptors (Lipinski definition) is 1. The fraction of sp³-hybridized carbons (Fsp3) is 0.267. The molecule has 0 radical (unpaired) electrons. The number of likely N-dealkylation sites (tertiary alicyclic amines) is 1. The molecule has 0 aliphatic carbocycles. The molecule has 3 rings (SSSR count). The highest BCUT2D eigenvalue weighted by molar-refractivity contribution is 6.30. The van der Waals surface area contributed by atoms with Gasteiger partial charge in [0, 0.05) is 29.1 Å². The van der Waals surface area contributed by atoms with E-state index in [-0.39, 0.29) is 12.1 Å². The molecule has 1 atom stereocenters. The van der Waals surface area contributed by atoms with Gasteiger partial charge in [0.25, 0.3) is 0 Å². The monoisotopic (exact) mass is 289 g/mol. The fourth-order valence-corrected chi connectivity index (χ4v) is 2.74. The number of H-pyrrole nitrogens is 1. The Morgan fingerprint density at radius 1 is 1.30 bits per heavy atom. The molecule has 1 fully saturated rings. The van der Waals surface area contributed by atoms with Crippen molar-refractivity contribution in [2.75, 3.05) is 11.9 Å². The zero-order valence-electron chi connectivity index (χ0n) is 11.0. The summed E-state index contributed by atoms with van der Waals surface area (Å²) < 4.78 is 0. The summed E-state index contributed by atoms with van der Waals surface area (Å²) in [6.45, 7) is 0.781. The highest BCUT2D eigenvalue weighted by Gasteiger charge is 2.30. The van der Waals surface area contributed by atoms with E-state index in [0.717, 1.165) is 30.8 Å². The third kappa shape index (κ3) is 2.65. The molecule has 2 aromatic rings. The molecule has 104 valence electrons. The van der Waals surface area contributed by atoms with Crippen molar-refractivity contribution in [2.24, 2.45) is 0 Å². The minimum atomic E-state index is -0.0653. The number of benzene rings is 1. The molecule has 2 amide bonds. The number of carbonyl (C=O) groups is 1. The molecule has 0 saturated carbocycles. The molecular weight excluding hydrogens is 274 g/mol. The summed E-state index contributed by atoms with van der Waals surface area (Å²) in [6, 6.07) is 11.2. The van der Waals surface area contributed by atoms with Gasteiger partial charge in [-0.05, 0) is 49.2 Å². The van der Waals surface area contributed by atoms with Gasteiger partial charge < -0.3 is 15.2 Å². The fourth-order valence-electron chi connectivity index (χ4n) is 2.61. The van der Waals surface area contributed by atoms with Gasteiger partial charge in [-0.3, -0.25) is 0 Å². The summed E-state index contributed by atoms with van der Waals surface area (Å²) in [5.74, 6) is 0. The second kappa shape index (κ2) is 5.59. The standard InChI is InChI=1S/C15H16ClN3O/c16-11-5-7-12(8-6-11)18-15(20)19-10-2-4-14(19)13-3-1-9-17-13/h1,3,5-9,14,17H,2,4,10H2,(H,18,20). The van der Waals surface area contributed by atoms with Gasteiger partial charge in [-0.2, -0.15) is 0 Å². The lowest BCUT2D eigenvalue weighted by Gasteiger charge is -2.24. The number of anilines is 1. The number of hydrogen-bond donors (Lipinski definition) is 2. The molecule has 0 spiro atoms. The van der Waals surface area contributed by atoms with Crippen LogP contribution in [0.4, 0.5) is 10.5 Å². The van der Waals surface area contributed by atoms with Crippen LogP contribution in [0.3, 0.4) is 0 Å². The van der Waals surface area contributed by atoms with Crippen LogP contribution in [0.2, 0.25) is 5.02 Å². The smallest absolute Gasteiger partial charge is 0.322 e. The highest BCUT2D eigenvalue weighted by atomic mass is 35.5. The van der Waals surface area contributed by atoms with Gasteiger partial charge in [-0.25, -0.2) is 4.79 Å². The maximum Gasteiger partial charge on any atom is 0.322 e. The number of rotatable bonds is 2. The maximum atomic E-state index is 12.4. The van der Waals surface area contributed by atoms with E-state index in [2.05, 4.69) is 10.3 Å². The Balaban J connectivity index is 1.71. The molecule has 1 aromatic heterocycles. The molecule has 4 nitrogen and oxygen atoms in total. The first kappa shape index (κ1) is 13.1. The number of amides is 2. The van der Waals surface area contributed by atoms with Crippen LogP contribution in [0.1, 0.15) is 24.6 Å². The van der Waals surface area contributed by atoms with Crippen LogP contribution in [0.5, 0.6) is 0 Å². The lowest BCUT2D eigenvalue weighted by molar-refractivity contribution is 0.206. The van der Waals surface area contributed by atoms with Crippen molar-refractivity contribution >= 4 is 23.3 Å². The summed E-state index contributed by atoms with van der Waals surface area (Å²) in [4.78, 5) is 17.4. The lowest BCUT2D eigenvalue weighted by Crippen LogP contribution is -2.34. The van der Waals surface area contributed by atoms with E-state index >= 15 is 0 Å². The van der Waals surface area contributed by atoms with E-state index in [1.165, 1.54) is 0 Å². The summed E-state index contributed by atoms with van der Waals surface area (Å²) in [6.07, 6.45) is 3.91. The molecule has 20 heavy (non-hydrogen) atoms. The van der Waals surface area contributed by atoms with Crippen LogP contribution in [0, 0.1) is 0 Å². The van der Waals surface area contributed by atoms with Crippen LogP contribution in [0.25, 0.3) is 0 Å². The van der Waals surface area contributed by atoms with Gasteiger partial charge in [0.1, 0.15) is 0 Å². The number of urea groups is 1. The average Bonchev–Trinajstić information content (AvgIpc) is 3.11. The van der Waals surface area contributed by atoms with Gasteiger partial charge in [0.15, 0.2) is 0 Å². The van der Waals surface area contributed by atoms with E-state index in [9.17, 15) is 4.79 Å². The zero-order valence-corrected chi connectivity index (χ0v) is 11.7. The molecule has 0 bridgehead atoms. The highest BCUT2D eigenvalue weighted by Crippen LogP contribution is 2.31. The Morgan fingerprint density at radius 3 is 2.80 bits per heavy atom. The van der Waals surface area contributed by atoms with E-state index in [0.29, 0.717) is 5.02 Å². The first-order chi connectivity index (χ1) is 9.74.